The van der Waals surface area contributed by atoms with Crippen molar-refractivity contribution in [3.05, 3.63) is 36.2 Å². The maximum Gasteiger partial charge on any atom is 0.213 e. The van der Waals surface area contributed by atoms with Gasteiger partial charge in [0.15, 0.2) is 5.82 Å². The van der Waals surface area contributed by atoms with Gasteiger partial charge in [0, 0.05) is 18.4 Å². The molecule has 1 unspecified atom stereocenters. The fourth-order valence-corrected chi connectivity index (χ4v) is 1.57. The Hall–Kier alpha value is -1.62. The van der Waals surface area contributed by atoms with Gasteiger partial charge in [0.2, 0.25) is 6.39 Å². The zero-order valence-corrected chi connectivity index (χ0v) is 9.50. The Balaban J connectivity index is 2.08. The summed E-state index contributed by atoms with van der Waals surface area (Å²) in [5.74, 6) is 1.10. The van der Waals surface area contributed by atoms with Gasteiger partial charge in [-0.05, 0) is 17.5 Å². The third-order valence-corrected chi connectivity index (χ3v) is 2.61. The molecular weight excluding hydrogens is 204 g/mol. The summed E-state index contributed by atoms with van der Waals surface area (Å²) in [6, 6.07) is 2.11. The molecule has 2 aromatic rings. The highest BCUT2D eigenvalue weighted by Gasteiger charge is 2.11. The molecule has 0 fully saturated rings. The van der Waals surface area contributed by atoms with E-state index in [0.717, 1.165) is 5.56 Å². The third-order valence-electron chi connectivity index (χ3n) is 2.61. The van der Waals surface area contributed by atoms with Gasteiger partial charge in [-0.2, -0.15) is 4.98 Å². The molecule has 1 atom stereocenters. The van der Waals surface area contributed by atoms with Crippen LogP contribution in [0.15, 0.2) is 29.4 Å². The lowest BCUT2D eigenvalue weighted by atomic mass is 10.00. The molecule has 2 N–H and O–H groups in total. The van der Waals surface area contributed by atoms with Crippen LogP contribution in [0.5, 0.6) is 0 Å². The molecule has 0 aromatic carbocycles. The van der Waals surface area contributed by atoms with Crippen LogP contribution >= 0.6 is 0 Å². The molecule has 0 amide bonds. The van der Waals surface area contributed by atoms with E-state index in [2.05, 4.69) is 28.5 Å². The minimum absolute atomic E-state index is 0.0755. The monoisotopic (exact) mass is 220 g/mol. The second-order valence-electron chi connectivity index (χ2n) is 4.23. The highest BCUT2D eigenvalue weighted by molar-refractivity contribution is 5.16. The summed E-state index contributed by atoms with van der Waals surface area (Å²) in [6.45, 7) is 4.84. The molecule has 0 saturated heterocycles. The van der Waals surface area contributed by atoms with Crippen molar-refractivity contribution in [1.29, 1.82) is 0 Å². The number of rotatable bonds is 4. The van der Waals surface area contributed by atoms with E-state index < -0.39 is 0 Å². The summed E-state index contributed by atoms with van der Waals surface area (Å²) >= 11 is 0. The molecule has 16 heavy (non-hydrogen) atoms. The second kappa shape index (κ2) is 4.49. The average molecular weight is 220 g/mol. The SMILES string of the molecule is CC(C)C(N)c1ccn(Cc2ncon2)c1. The first-order valence-corrected chi connectivity index (χ1v) is 5.33. The first kappa shape index (κ1) is 10.9. The molecule has 0 spiro atoms. The van der Waals surface area contributed by atoms with Crippen LogP contribution in [0, 0.1) is 5.92 Å². The van der Waals surface area contributed by atoms with Crippen LogP contribution in [0.25, 0.3) is 0 Å². The van der Waals surface area contributed by atoms with Crippen molar-refractivity contribution in [3.8, 4) is 0 Å². The van der Waals surface area contributed by atoms with Gasteiger partial charge in [0.05, 0.1) is 6.54 Å². The normalized spacial score (nSPS) is 13.2. The molecule has 5 heteroatoms. The number of nitrogens with two attached hydrogens (primary N) is 1. The molecule has 0 aliphatic carbocycles. The lowest BCUT2D eigenvalue weighted by Gasteiger charge is -2.13. The predicted molar refractivity (Wildman–Crippen MR) is 59.6 cm³/mol. The Kier molecular flexibility index (Phi) is 3.05. The van der Waals surface area contributed by atoms with E-state index in [1.165, 1.54) is 6.39 Å². The van der Waals surface area contributed by atoms with Gasteiger partial charge >= 0.3 is 0 Å². The summed E-state index contributed by atoms with van der Waals surface area (Å²) in [5.41, 5.74) is 7.20. The lowest BCUT2D eigenvalue weighted by molar-refractivity contribution is 0.408. The van der Waals surface area contributed by atoms with Crippen molar-refractivity contribution in [2.24, 2.45) is 11.7 Å². The van der Waals surface area contributed by atoms with Crippen molar-refractivity contribution < 1.29 is 4.52 Å². The smallest absolute Gasteiger partial charge is 0.213 e. The van der Waals surface area contributed by atoms with E-state index in [1.54, 1.807) is 0 Å². The van der Waals surface area contributed by atoms with Crippen LogP contribution in [0.2, 0.25) is 0 Å². The summed E-state index contributed by atoms with van der Waals surface area (Å²) in [6.07, 6.45) is 5.34. The molecule has 2 heterocycles. The van der Waals surface area contributed by atoms with Crippen LogP contribution in [-0.2, 0) is 6.54 Å². The van der Waals surface area contributed by atoms with Crippen molar-refractivity contribution in [3.63, 3.8) is 0 Å². The Morgan fingerprint density at radius 1 is 1.50 bits per heavy atom. The zero-order chi connectivity index (χ0) is 11.5. The molecule has 5 nitrogen and oxygen atoms in total. The molecule has 0 aliphatic rings. The van der Waals surface area contributed by atoms with Gasteiger partial charge in [-0.1, -0.05) is 19.0 Å². The molecule has 2 aromatic heterocycles. The molecule has 0 saturated carbocycles. The number of nitrogens with zero attached hydrogens (tertiary/aromatic N) is 3. The molecule has 0 aliphatic heterocycles. The summed E-state index contributed by atoms with van der Waals surface area (Å²) in [5, 5.41) is 3.76. The highest BCUT2D eigenvalue weighted by Crippen LogP contribution is 2.19. The number of aromatic nitrogens is 3. The Morgan fingerprint density at radius 2 is 2.31 bits per heavy atom. The topological polar surface area (TPSA) is 69.9 Å². The van der Waals surface area contributed by atoms with Gasteiger partial charge in [-0.15, -0.1) is 0 Å². The van der Waals surface area contributed by atoms with Crippen molar-refractivity contribution in [2.45, 2.75) is 26.4 Å². The van der Waals surface area contributed by atoms with Crippen LogP contribution < -0.4 is 5.73 Å². The largest absolute Gasteiger partial charge is 0.346 e. The lowest BCUT2D eigenvalue weighted by Crippen LogP contribution is -2.15. The standard InChI is InChI=1S/C11H16N4O/c1-8(2)11(12)9-3-4-15(5-9)6-10-13-7-16-14-10/h3-5,7-8,11H,6,12H2,1-2H3. The minimum Gasteiger partial charge on any atom is -0.346 e. The molecule has 0 bridgehead atoms. The van der Waals surface area contributed by atoms with Gasteiger partial charge < -0.3 is 14.8 Å². The first-order valence-electron chi connectivity index (χ1n) is 5.33. The van der Waals surface area contributed by atoms with Gasteiger partial charge in [0.1, 0.15) is 0 Å². The summed E-state index contributed by atoms with van der Waals surface area (Å²) in [7, 11) is 0. The fourth-order valence-electron chi connectivity index (χ4n) is 1.57. The molecular formula is C11H16N4O. The van der Waals surface area contributed by atoms with Gasteiger partial charge in [-0.3, -0.25) is 0 Å². The first-order chi connectivity index (χ1) is 7.66. The van der Waals surface area contributed by atoms with Crippen molar-refractivity contribution in [1.82, 2.24) is 14.7 Å². The molecule has 0 radical (unpaired) electrons. The average Bonchev–Trinajstić information content (AvgIpc) is 2.88. The fraction of sp³-hybridized carbons (Fsp3) is 0.455. The maximum atomic E-state index is 6.06. The third kappa shape index (κ3) is 2.30. The van der Waals surface area contributed by atoms with E-state index in [1.807, 2.05) is 23.0 Å². The molecule has 2 rings (SSSR count). The van der Waals surface area contributed by atoms with Crippen molar-refractivity contribution in [2.75, 3.05) is 0 Å². The van der Waals surface area contributed by atoms with Crippen LogP contribution in [0.4, 0.5) is 0 Å². The predicted octanol–water partition coefficient (Wildman–Crippen LogP) is 1.58. The van der Waals surface area contributed by atoms with E-state index in [4.69, 9.17) is 5.73 Å². The maximum absolute atomic E-state index is 6.06. The van der Waals surface area contributed by atoms with E-state index >= 15 is 0 Å². The van der Waals surface area contributed by atoms with Crippen molar-refractivity contribution >= 4 is 0 Å². The van der Waals surface area contributed by atoms with Gasteiger partial charge in [-0.25, -0.2) is 0 Å². The second-order valence-corrected chi connectivity index (χ2v) is 4.23. The van der Waals surface area contributed by atoms with Crippen LogP contribution in [0.3, 0.4) is 0 Å². The van der Waals surface area contributed by atoms with Gasteiger partial charge in [0.25, 0.3) is 0 Å². The Bertz CT molecular complexity index is 433. The Morgan fingerprint density at radius 3 is 2.94 bits per heavy atom. The number of hydrogen-bond donors (Lipinski definition) is 1. The summed E-state index contributed by atoms with van der Waals surface area (Å²) < 4.78 is 6.68. The van der Waals surface area contributed by atoms with Crippen LogP contribution in [0.1, 0.15) is 31.3 Å². The van der Waals surface area contributed by atoms with Crippen LogP contribution in [-0.4, -0.2) is 14.7 Å². The highest BCUT2D eigenvalue weighted by atomic mass is 16.5. The summed E-state index contributed by atoms with van der Waals surface area (Å²) in [4.78, 5) is 3.97. The quantitative estimate of drug-likeness (QED) is 0.849. The Labute approximate surface area is 94.3 Å². The van der Waals surface area contributed by atoms with E-state index in [-0.39, 0.29) is 6.04 Å². The number of hydrogen-bond acceptors (Lipinski definition) is 4. The van der Waals surface area contributed by atoms with E-state index in [9.17, 15) is 0 Å². The minimum atomic E-state index is 0.0755. The zero-order valence-electron chi connectivity index (χ0n) is 9.50. The van der Waals surface area contributed by atoms with E-state index in [0.29, 0.717) is 18.3 Å². The molecule has 86 valence electrons.